The van der Waals surface area contributed by atoms with Crippen molar-refractivity contribution in [2.75, 3.05) is 18.3 Å². The zero-order valence-electron chi connectivity index (χ0n) is 14.4. The van der Waals surface area contributed by atoms with Crippen molar-refractivity contribution in [2.45, 2.75) is 0 Å². The Labute approximate surface area is 165 Å². The van der Waals surface area contributed by atoms with Crippen LogP contribution in [0.4, 0.5) is 10.1 Å². The lowest BCUT2D eigenvalue weighted by Gasteiger charge is -2.27. The van der Waals surface area contributed by atoms with Gasteiger partial charge in [0.05, 0.1) is 18.2 Å². The van der Waals surface area contributed by atoms with Gasteiger partial charge in [-0.2, -0.15) is 14.4 Å². The molecule has 28 heavy (non-hydrogen) atoms. The van der Waals surface area contributed by atoms with Gasteiger partial charge in [-0.25, -0.2) is 5.06 Å². The zero-order chi connectivity index (χ0) is 19.3. The highest BCUT2D eigenvalue weighted by molar-refractivity contribution is 6.32. The maximum atomic E-state index is 14.9. The van der Waals surface area contributed by atoms with Gasteiger partial charge >= 0.3 is 0 Å². The second-order valence-electron chi connectivity index (χ2n) is 5.54. The summed E-state index contributed by atoms with van der Waals surface area (Å²) in [6, 6.07) is 13.6. The molecule has 1 aliphatic rings. The molecule has 7 nitrogen and oxygen atoms in total. The Morgan fingerprint density at radius 1 is 0.929 bits per heavy atom. The van der Waals surface area contributed by atoms with Crippen LogP contribution < -0.4 is 14.5 Å². The predicted octanol–water partition coefficient (Wildman–Crippen LogP) is 4.74. The predicted molar refractivity (Wildman–Crippen MR) is 98.7 cm³/mol. The van der Waals surface area contributed by atoms with Gasteiger partial charge in [0, 0.05) is 0 Å². The highest BCUT2D eigenvalue weighted by Gasteiger charge is 2.21. The van der Waals surface area contributed by atoms with Crippen molar-refractivity contribution in [3.8, 4) is 23.3 Å². The Hall–Kier alpha value is -2.94. The molecule has 2 aromatic carbocycles. The number of rotatable bonds is 5. The molecule has 0 amide bonds. The summed E-state index contributed by atoms with van der Waals surface area (Å²) in [5.41, 5.74) is 0.522. The third-order valence-corrected chi connectivity index (χ3v) is 3.99. The van der Waals surface area contributed by atoms with Gasteiger partial charge in [-0.05, 0) is 24.3 Å². The molecule has 1 aromatic heterocycles. The lowest BCUT2D eigenvalue weighted by molar-refractivity contribution is -0.0158. The van der Waals surface area contributed by atoms with Crippen molar-refractivity contribution < 1.29 is 23.4 Å². The molecule has 0 bridgehead atoms. The summed E-state index contributed by atoms with van der Waals surface area (Å²) < 4.78 is 31.2. The first kappa shape index (κ1) is 18.4. The topological polar surface area (TPSA) is 65.9 Å². The number of benzene rings is 2. The number of nitrogens with zero attached hydrogens (tertiary/aromatic N) is 3. The summed E-state index contributed by atoms with van der Waals surface area (Å²) in [5, 5.41) is 1.73. The fourth-order valence-corrected chi connectivity index (χ4v) is 2.58. The fraction of sp³-hybridized carbons (Fsp3) is 0.105. The SMILES string of the molecule is Fc1c(Oc2ccccc2Cl)ncnc1Oc1ccccc1N1[CH]OCCO1. The van der Waals surface area contributed by atoms with E-state index in [1.807, 2.05) is 0 Å². The van der Waals surface area contributed by atoms with Crippen molar-refractivity contribution >= 4 is 17.3 Å². The normalized spacial score (nSPS) is 14.0. The molecular formula is C19H14ClFN3O4. The highest BCUT2D eigenvalue weighted by Crippen LogP contribution is 2.36. The Balaban J connectivity index is 1.60. The van der Waals surface area contributed by atoms with Crippen LogP contribution in [0, 0.1) is 12.5 Å². The first-order valence-electron chi connectivity index (χ1n) is 8.29. The van der Waals surface area contributed by atoms with E-state index in [1.165, 1.54) is 11.8 Å². The first-order valence-corrected chi connectivity index (χ1v) is 8.67. The van der Waals surface area contributed by atoms with Crippen LogP contribution in [-0.4, -0.2) is 23.2 Å². The average molecular weight is 403 g/mol. The van der Waals surface area contributed by atoms with E-state index >= 15 is 0 Å². The lowest BCUT2D eigenvalue weighted by Crippen LogP contribution is -2.29. The molecule has 0 saturated carbocycles. The van der Waals surface area contributed by atoms with E-state index in [4.69, 9.17) is 30.6 Å². The molecule has 2 heterocycles. The van der Waals surface area contributed by atoms with Crippen molar-refractivity contribution in [1.29, 1.82) is 0 Å². The third-order valence-electron chi connectivity index (χ3n) is 3.68. The lowest BCUT2D eigenvalue weighted by atomic mass is 10.3. The van der Waals surface area contributed by atoms with Crippen LogP contribution in [-0.2, 0) is 9.57 Å². The van der Waals surface area contributed by atoms with E-state index < -0.39 is 5.82 Å². The summed E-state index contributed by atoms with van der Waals surface area (Å²) in [6.45, 7) is 2.24. The van der Waals surface area contributed by atoms with E-state index in [0.717, 1.165) is 6.33 Å². The van der Waals surface area contributed by atoms with Crippen molar-refractivity contribution in [2.24, 2.45) is 0 Å². The number of hydrogen-bond acceptors (Lipinski definition) is 7. The van der Waals surface area contributed by atoms with Crippen molar-refractivity contribution in [3.63, 3.8) is 0 Å². The summed E-state index contributed by atoms with van der Waals surface area (Å²) in [7, 11) is 0. The number of hydrogen-bond donors (Lipinski definition) is 0. The second-order valence-corrected chi connectivity index (χ2v) is 5.94. The van der Waals surface area contributed by atoms with Crippen LogP contribution in [0.5, 0.6) is 23.3 Å². The minimum Gasteiger partial charge on any atom is -0.435 e. The molecule has 0 aliphatic carbocycles. The molecule has 0 atom stereocenters. The van der Waals surface area contributed by atoms with Gasteiger partial charge < -0.3 is 14.2 Å². The highest BCUT2D eigenvalue weighted by atomic mass is 35.5. The molecule has 9 heteroatoms. The van der Waals surface area contributed by atoms with E-state index in [9.17, 15) is 4.39 Å². The van der Waals surface area contributed by atoms with Crippen LogP contribution >= 0.6 is 11.6 Å². The third kappa shape index (κ3) is 3.99. The number of hydroxylamine groups is 1. The fourth-order valence-electron chi connectivity index (χ4n) is 2.40. The minimum atomic E-state index is -0.864. The molecule has 1 fully saturated rings. The second kappa shape index (κ2) is 8.39. The molecule has 0 unspecified atom stereocenters. The van der Waals surface area contributed by atoms with Crippen LogP contribution in [0.25, 0.3) is 0 Å². The Bertz CT molecular complexity index is 969. The van der Waals surface area contributed by atoms with E-state index in [1.54, 1.807) is 48.5 Å². The summed E-state index contributed by atoms with van der Waals surface area (Å²) in [5.74, 6) is -0.897. The molecule has 1 saturated heterocycles. The van der Waals surface area contributed by atoms with Gasteiger partial charge in [-0.15, -0.1) is 0 Å². The van der Waals surface area contributed by atoms with Crippen molar-refractivity contribution in [1.82, 2.24) is 9.97 Å². The summed E-state index contributed by atoms with van der Waals surface area (Å²) >= 11 is 6.05. The monoisotopic (exact) mass is 402 g/mol. The van der Waals surface area contributed by atoms with Gasteiger partial charge in [0.25, 0.3) is 11.8 Å². The molecule has 143 valence electrons. The van der Waals surface area contributed by atoms with Gasteiger partial charge in [-0.1, -0.05) is 35.9 Å². The molecular weight excluding hydrogens is 389 g/mol. The maximum absolute atomic E-state index is 14.9. The first-order chi connectivity index (χ1) is 13.7. The van der Waals surface area contributed by atoms with Gasteiger partial charge in [0.1, 0.15) is 17.8 Å². The molecule has 0 N–H and O–H groups in total. The van der Waals surface area contributed by atoms with Gasteiger partial charge in [-0.3, -0.25) is 4.84 Å². The Kier molecular flexibility index (Phi) is 5.52. The molecule has 4 rings (SSSR count). The summed E-state index contributed by atoms with van der Waals surface area (Å²) in [4.78, 5) is 13.2. The minimum absolute atomic E-state index is 0.265. The smallest absolute Gasteiger partial charge is 0.263 e. The quantitative estimate of drug-likeness (QED) is 0.610. The Morgan fingerprint density at radius 2 is 1.61 bits per heavy atom. The van der Waals surface area contributed by atoms with E-state index in [2.05, 4.69) is 9.97 Å². The van der Waals surface area contributed by atoms with E-state index in [0.29, 0.717) is 29.7 Å². The molecule has 0 spiro atoms. The van der Waals surface area contributed by atoms with E-state index in [-0.39, 0.29) is 17.5 Å². The number of aromatic nitrogens is 2. The van der Waals surface area contributed by atoms with Crippen LogP contribution in [0.2, 0.25) is 5.02 Å². The number of ether oxygens (including phenoxy) is 3. The van der Waals surface area contributed by atoms with Crippen LogP contribution in [0.3, 0.4) is 0 Å². The van der Waals surface area contributed by atoms with Gasteiger partial charge in [0.15, 0.2) is 5.75 Å². The number of para-hydroxylation sites is 3. The Morgan fingerprint density at radius 3 is 2.32 bits per heavy atom. The maximum Gasteiger partial charge on any atom is 0.263 e. The molecule has 1 aliphatic heterocycles. The van der Waals surface area contributed by atoms with Crippen molar-refractivity contribution in [3.05, 3.63) is 72.4 Å². The average Bonchev–Trinajstić information content (AvgIpc) is 2.73. The summed E-state index contributed by atoms with van der Waals surface area (Å²) in [6.07, 6.45) is 1.14. The number of anilines is 1. The largest absolute Gasteiger partial charge is 0.435 e. The molecule has 1 radical (unpaired) electrons. The van der Waals surface area contributed by atoms with Crippen LogP contribution in [0.15, 0.2) is 54.9 Å². The van der Waals surface area contributed by atoms with Gasteiger partial charge in [0.2, 0.25) is 12.5 Å². The zero-order valence-corrected chi connectivity index (χ0v) is 15.2. The molecule has 3 aromatic rings. The standard InChI is InChI=1S/C19H14ClFN3O4/c20-13-5-1-3-7-15(13)27-18-17(21)19(23-11-22-18)28-16-8-4-2-6-14(16)24-12-25-9-10-26-24/h1-8,11-12H,9-10H2. The number of halogens is 2. The van der Waals surface area contributed by atoms with Crippen LogP contribution in [0.1, 0.15) is 0 Å².